The molecule has 29 heavy (non-hydrogen) atoms. The van der Waals surface area contributed by atoms with E-state index in [0.29, 0.717) is 30.7 Å². The predicted molar refractivity (Wildman–Crippen MR) is 110 cm³/mol. The smallest absolute Gasteiger partial charge is 0.246 e. The van der Waals surface area contributed by atoms with Gasteiger partial charge >= 0.3 is 0 Å². The number of aromatic nitrogens is 5. The molecule has 10 heteroatoms. The molecule has 1 atom stereocenters. The minimum absolute atomic E-state index is 0.0134. The molecular formula is C19H26N6O3S. The maximum atomic E-state index is 12.4. The zero-order valence-electron chi connectivity index (χ0n) is 17.1. The van der Waals surface area contributed by atoms with Gasteiger partial charge in [-0.25, -0.2) is 28.4 Å². The third-order valence-electron chi connectivity index (χ3n) is 5.01. The van der Waals surface area contributed by atoms with E-state index in [9.17, 15) is 8.42 Å². The first-order valence-corrected chi connectivity index (χ1v) is 11.1. The molecule has 3 aromatic rings. The largest absolute Gasteiger partial charge is 0.382 e. The first kappa shape index (κ1) is 21.1. The predicted octanol–water partition coefficient (Wildman–Crippen LogP) is 2.38. The van der Waals surface area contributed by atoms with Crippen molar-refractivity contribution in [1.82, 2.24) is 24.5 Å². The topological polar surface area (TPSA) is 126 Å². The van der Waals surface area contributed by atoms with Gasteiger partial charge in [-0.05, 0) is 45.2 Å². The van der Waals surface area contributed by atoms with Gasteiger partial charge in [-0.3, -0.25) is 0 Å². The number of methoxy groups -OCH3 is 1. The van der Waals surface area contributed by atoms with E-state index in [0.717, 1.165) is 22.6 Å². The van der Waals surface area contributed by atoms with Crippen molar-refractivity contribution in [3.05, 3.63) is 35.5 Å². The monoisotopic (exact) mass is 418 g/mol. The first-order valence-electron chi connectivity index (χ1n) is 9.41. The molecule has 0 fully saturated rings. The van der Waals surface area contributed by atoms with Gasteiger partial charge in [-0.1, -0.05) is 0 Å². The Balaban J connectivity index is 1.84. The lowest BCUT2D eigenvalue weighted by atomic mass is 10.2. The first-order chi connectivity index (χ1) is 13.8. The van der Waals surface area contributed by atoms with Crippen LogP contribution in [0.15, 0.2) is 23.6 Å². The van der Waals surface area contributed by atoms with Gasteiger partial charge in [0, 0.05) is 31.7 Å². The van der Waals surface area contributed by atoms with Gasteiger partial charge in [0.15, 0.2) is 5.82 Å². The molecule has 3 rings (SSSR count). The van der Waals surface area contributed by atoms with E-state index in [1.165, 1.54) is 12.4 Å². The number of anilines is 1. The van der Waals surface area contributed by atoms with E-state index in [2.05, 4.69) is 24.5 Å². The van der Waals surface area contributed by atoms with Crippen molar-refractivity contribution in [2.45, 2.75) is 51.4 Å². The summed E-state index contributed by atoms with van der Waals surface area (Å²) in [7, 11) is -1.87. The molecule has 0 aliphatic heterocycles. The highest BCUT2D eigenvalue weighted by molar-refractivity contribution is 7.91. The Kier molecular flexibility index (Phi) is 6.13. The van der Waals surface area contributed by atoms with Gasteiger partial charge in [0.2, 0.25) is 15.0 Å². The number of hydrogen-bond donors (Lipinski definition) is 1. The number of pyridine rings is 1. The van der Waals surface area contributed by atoms with Crippen LogP contribution in [0.5, 0.6) is 0 Å². The Morgan fingerprint density at radius 1 is 1.17 bits per heavy atom. The number of nitrogen functional groups attached to an aromatic ring is 1. The zero-order chi connectivity index (χ0) is 21.2. The van der Waals surface area contributed by atoms with Crippen LogP contribution in [0.2, 0.25) is 0 Å². The Hall–Kier alpha value is -2.59. The average molecular weight is 419 g/mol. The van der Waals surface area contributed by atoms with Crippen LogP contribution in [0.3, 0.4) is 0 Å². The van der Waals surface area contributed by atoms with Crippen molar-refractivity contribution in [2.75, 3.05) is 18.6 Å². The van der Waals surface area contributed by atoms with Crippen molar-refractivity contribution >= 4 is 26.7 Å². The van der Waals surface area contributed by atoms with Gasteiger partial charge in [0.1, 0.15) is 17.4 Å². The molecule has 0 aliphatic rings. The van der Waals surface area contributed by atoms with Gasteiger partial charge in [0.05, 0.1) is 11.3 Å². The number of ether oxygens (including phenoxy) is 1. The molecule has 0 saturated heterocycles. The molecule has 1 unspecified atom stereocenters. The average Bonchev–Trinajstić information content (AvgIpc) is 3.10. The van der Waals surface area contributed by atoms with Crippen LogP contribution in [-0.2, 0) is 21.1 Å². The van der Waals surface area contributed by atoms with E-state index in [1.807, 2.05) is 20.8 Å². The highest BCUT2D eigenvalue weighted by atomic mass is 32.2. The molecule has 0 spiro atoms. The molecule has 2 N–H and O–H groups in total. The number of sulfone groups is 1. The molecule has 0 saturated carbocycles. The number of aryl methyl sites for hydroxylation is 3. The summed E-state index contributed by atoms with van der Waals surface area (Å²) in [6.07, 6.45) is 3.74. The number of imidazole rings is 1. The van der Waals surface area contributed by atoms with E-state index in [4.69, 9.17) is 10.5 Å². The number of unbranched alkanes of at least 4 members (excludes halogenated alkanes) is 1. The third kappa shape index (κ3) is 4.23. The number of fused-ring (bicyclic) bond motifs is 1. The minimum atomic E-state index is -3.50. The second kappa shape index (κ2) is 8.42. The Labute approximate surface area is 170 Å². The maximum Gasteiger partial charge on any atom is 0.246 e. The lowest BCUT2D eigenvalue weighted by Gasteiger charge is -2.15. The second-order valence-electron chi connectivity index (χ2n) is 6.96. The summed E-state index contributed by atoms with van der Waals surface area (Å²) in [5.74, 6) is 1.12. The van der Waals surface area contributed by atoms with Crippen LogP contribution in [0.1, 0.15) is 43.0 Å². The molecule has 156 valence electrons. The number of hydrogen-bond acceptors (Lipinski definition) is 8. The van der Waals surface area contributed by atoms with Crippen LogP contribution in [0.4, 0.5) is 5.82 Å². The van der Waals surface area contributed by atoms with Crippen molar-refractivity contribution in [1.29, 1.82) is 0 Å². The van der Waals surface area contributed by atoms with Gasteiger partial charge in [-0.15, -0.1) is 0 Å². The lowest BCUT2D eigenvalue weighted by molar-refractivity contribution is 0.109. The molecule has 0 radical (unpaired) electrons. The van der Waals surface area contributed by atoms with Gasteiger partial charge in [0.25, 0.3) is 0 Å². The summed E-state index contributed by atoms with van der Waals surface area (Å²) in [4.78, 5) is 16.7. The zero-order valence-corrected chi connectivity index (χ0v) is 17.9. The summed E-state index contributed by atoms with van der Waals surface area (Å²) in [5.41, 5.74) is 9.52. The van der Waals surface area contributed by atoms with Gasteiger partial charge in [-0.2, -0.15) is 0 Å². The quantitative estimate of drug-likeness (QED) is 0.436. The van der Waals surface area contributed by atoms with E-state index in [1.54, 1.807) is 13.2 Å². The number of nitrogens with two attached hydrogens (primary N) is 1. The SMILES string of the molecule is COC(C)c1nc2c(N)nc(C)c(C)c2n1CCCCS(=O)(=O)c1ncccn1. The molecule has 3 heterocycles. The molecule has 3 aromatic heterocycles. The molecular weight excluding hydrogens is 392 g/mol. The highest BCUT2D eigenvalue weighted by Gasteiger charge is 2.22. The van der Waals surface area contributed by atoms with E-state index < -0.39 is 9.84 Å². The van der Waals surface area contributed by atoms with Crippen LogP contribution < -0.4 is 5.73 Å². The fraction of sp³-hybridized carbons (Fsp3) is 0.474. The third-order valence-corrected chi connectivity index (χ3v) is 6.60. The minimum Gasteiger partial charge on any atom is -0.382 e. The van der Waals surface area contributed by atoms with Crippen molar-refractivity contribution in [2.24, 2.45) is 0 Å². The Bertz CT molecular complexity index is 1110. The summed E-state index contributed by atoms with van der Waals surface area (Å²) in [6, 6.07) is 1.59. The fourth-order valence-electron chi connectivity index (χ4n) is 3.26. The summed E-state index contributed by atoms with van der Waals surface area (Å²) in [5, 5.41) is -0.132. The molecule has 9 nitrogen and oxygen atoms in total. The van der Waals surface area contributed by atoms with Gasteiger partial charge < -0.3 is 15.0 Å². The Morgan fingerprint density at radius 2 is 1.86 bits per heavy atom. The second-order valence-corrected chi connectivity index (χ2v) is 8.96. The van der Waals surface area contributed by atoms with Crippen molar-refractivity contribution in [3.63, 3.8) is 0 Å². The van der Waals surface area contributed by atoms with E-state index >= 15 is 0 Å². The van der Waals surface area contributed by atoms with Crippen molar-refractivity contribution in [3.8, 4) is 0 Å². The normalized spacial score (nSPS) is 13.1. The summed E-state index contributed by atoms with van der Waals surface area (Å²) >= 11 is 0. The molecule has 0 aliphatic carbocycles. The molecule has 0 amide bonds. The number of nitrogens with zero attached hydrogens (tertiary/aromatic N) is 5. The molecule has 0 aromatic carbocycles. The number of rotatable bonds is 8. The standard InChI is InChI=1S/C19H26N6O3S/c1-12-13(2)23-17(20)15-16(12)25(18(24-15)14(3)28-4)10-5-6-11-29(26,27)19-21-8-7-9-22-19/h7-9,14H,5-6,10-11H2,1-4H3,(H2,20,23). The van der Waals surface area contributed by atoms with Crippen LogP contribution in [0.25, 0.3) is 11.0 Å². The van der Waals surface area contributed by atoms with Crippen LogP contribution in [0, 0.1) is 13.8 Å². The molecule has 0 bridgehead atoms. The lowest BCUT2D eigenvalue weighted by Crippen LogP contribution is -2.13. The van der Waals surface area contributed by atoms with Crippen LogP contribution in [-0.4, -0.2) is 45.8 Å². The van der Waals surface area contributed by atoms with E-state index in [-0.39, 0.29) is 17.0 Å². The highest BCUT2D eigenvalue weighted by Crippen LogP contribution is 2.29. The summed E-state index contributed by atoms with van der Waals surface area (Å²) < 4.78 is 32.3. The Morgan fingerprint density at radius 3 is 2.52 bits per heavy atom. The summed E-state index contributed by atoms with van der Waals surface area (Å²) in [6.45, 7) is 6.41. The fourth-order valence-corrected chi connectivity index (χ4v) is 4.47. The van der Waals surface area contributed by atoms with Crippen molar-refractivity contribution < 1.29 is 13.2 Å². The van der Waals surface area contributed by atoms with Crippen LogP contribution >= 0.6 is 0 Å². The maximum absolute atomic E-state index is 12.4.